The molecule has 0 amide bonds. The molecule has 21 heavy (non-hydrogen) atoms. The molecule has 2 aromatic rings. The van der Waals surface area contributed by atoms with Crippen LogP contribution in [0.4, 0.5) is 11.5 Å². The van der Waals surface area contributed by atoms with Gasteiger partial charge in [-0.05, 0) is 36.5 Å². The van der Waals surface area contributed by atoms with Crippen molar-refractivity contribution < 1.29 is 4.92 Å². The first-order chi connectivity index (χ1) is 9.93. The fourth-order valence-electron chi connectivity index (χ4n) is 2.39. The molecule has 2 rings (SSSR count). The zero-order valence-electron chi connectivity index (χ0n) is 12.9. The maximum atomic E-state index is 11.0. The molecule has 0 spiro atoms. The molecule has 0 unspecified atom stereocenters. The van der Waals surface area contributed by atoms with Crippen LogP contribution in [0.5, 0.6) is 0 Å². The number of hydrogen-bond donors (Lipinski definition) is 1. The van der Waals surface area contributed by atoms with Crippen molar-refractivity contribution in [3.63, 3.8) is 0 Å². The first-order valence-corrected chi connectivity index (χ1v) is 7.27. The van der Waals surface area contributed by atoms with Crippen LogP contribution < -0.4 is 5.32 Å². The van der Waals surface area contributed by atoms with Gasteiger partial charge in [-0.3, -0.25) is 10.1 Å². The summed E-state index contributed by atoms with van der Waals surface area (Å²) < 4.78 is 0. The van der Waals surface area contributed by atoms with Crippen molar-refractivity contribution >= 4 is 22.4 Å². The minimum absolute atomic E-state index is 0.116. The van der Waals surface area contributed by atoms with E-state index in [2.05, 4.69) is 26.1 Å². The van der Waals surface area contributed by atoms with Crippen LogP contribution in [-0.4, -0.2) is 16.5 Å². The molecule has 1 heterocycles. The van der Waals surface area contributed by atoms with Gasteiger partial charge in [0.15, 0.2) is 0 Å². The van der Waals surface area contributed by atoms with Crippen LogP contribution in [0.25, 0.3) is 10.9 Å². The van der Waals surface area contributed by atoms with Crippen molar-refractivity contribution in [3.05, 3.63) is 39.4 Å². The van der Waals surface area contributed by atoms with Crippen LogP contribution >= 0.6 is 0 Å². The summed E-state index contributed by atoms with van der Waals surface area (Å²) in [5.74, 6) is 1.19. The number of aryl methyl sites for hydroxylation is 1. The summed E-state index contributed by atoms with van der Waals surface area (Å²) in [5.41, 5.74) is 2.86. The molecule has 5 heteroatoms. The van der Waals surface area contributed by atoms with Crippen LogP contribution in [0, 0.1) is 17.0 Å². The fraction of sp³-hybridized carbons (Fsp3) is 0.438. The highest BCUT2D eigenvalue weighted by atomic mass is 16.6. The number of pyridine rings is 1. The number of aromatic nitrogens is 1. The van der Waals surface area contributed by atoms with E-state index in [1.54, 1.807) is 12.1 Å². The molecule has 0 fully saturated rings. The van der Waals surface area contributed by atoms with Crippen LogP contribution in [0.3, 0.4) is 0 Å². The molecule has 0 bridgehead atoms. The van der Waals surface area contributed by atoms with E-state index in [4.69, 9.17) is 4.98 Å². The second-order valence-corrected chi connectivity index (χ2v) is 5.60. The molecular formula is C16H21N3O2. The smallest absolute Gasteiger partial charge is 0.270 e. The Morgan fingerprint density at radius 1 is 1.33 bits per heavy atom. The lowest BCUT2D eigenvalue weighted by Gasteiger charge is -2.15. The third-order valence-corrected chi connectivity index (χ3v) is 3.50. The van der Waals surface area contributed by atoms with Crippen molar-refractivity contribution in [3.8, 4) is 0 Å². The Labute approximate surface area is 124 Å². The minimum atomic E-state index is -0.356. The standard InChI is InChI=1S/C16H21N3O2/c1-5-6-17-16-14(10(2)3)9-12-8-13(19(20)21)7-11(4)15(12)18-16/h7-10H,5-6H2,1-4H3,(H,17,18). The number of hydrogen-bond acceptors (Lipinski definition) is 4. The van der Waals surface area contributed by atoms with Crippen molar-refractivity contribution in [2.75, 3.05) is 11.9 Å². The molecule has 1 N–H and O–H groups in total. The normalized spacial score (nSPS) is 11.1. The molecule has 1 aromatic carbocycles. The number of nitro groups is 1. The van der Waals surface area contributed by atoms with Crippen molar-refractivity contribution in [1.29, 1.82) is 0 Å². The Kier molecular flexibility index (Phi) is 4.40. The zero-order chi connectivity index (χ0) is 15.6. The Hall–Kier alpha value is -2.17. The van der Waals surface area contributed by atoms with Crippen molar-refractivity contribution in [2.45, 2.75) is 40.0 Å². The highest BCUT2D eigenvalue weighted by Crippen LogP contribution is 2.30. The maximum Gasteiger partial charge on any atom is 0.270 e. The van der Waals surface area contributed by atoms with Crippen LogP contribution in [0.1, 0.15) is 44.2 Å². The van der Waals surface area contributed by atoms with Gasteiger partial charge in [-0.2, -0.15) is 0 Å². The predicted molar refractivity (Wildman–Crippen MR) is 86.0 cm³/mol. The predicted octanol–water partition coefficient (Wildman–Crippen LogP) is 4.40. The molecule has 0 radical (unpaired) electrons. The third-order valence-electron chi connectivity index (χ3n) is 3.50. The van der Waals surface area contributed by atoms with Gasteiger partial charge < -0.3 is 5.32 Å². The second-order valence-electron chi connectivity index (χ2n) is 5.60. The summed E-state index contributed by atoms with van der Waals surface area (Å²) in [6.45, 7) is 9.04. The molecular weight excluding hydrogens is 266 g/mol. The average molecular weight is 287 g/mol. The highest BCUT2D eigenvalue weighted by molar-refractivity contribution is 5.87. The number of fused-ring (bicyclic) bond motifs is 1. The summed E-state index contributed by atoms with van der Waals surface area (Å²) in [5, 5.41) is 15.2. The first kappa shape index (κ1) is 15.2. The van der Waals surface area contributed by atoms with Gasteiger partial charge in [0.2, 0.25) is 0 Å². The van der Waals surface area contributed by atoms with Crippen molar-refractivity contribution in [1.82, 2.24) is 4.98 Å². The number of nitrogens with one attached hydrogen (secondary N) is 1. The Balaban J connectivity index is 2.65. The lowest BCUT2D eigenvalue weighted by atomic mass is 10.00. The van der Waals surface area contributed by atoms with Gasteiger partial charge in [-0.1, -0.05) is 20.8 Å². The van der Waals surface area contributed by atoms with E-state index in [0.29, 0.717) is 5.92 Å². The Morgan fingerprint density at radius 2 is 2.05 bits per heavy atom. The molecule has 0 saturated carbocycles. The Bertz CT molecular complexity index is 681. The summed E-state index contributed by atoms with van der Waals surface area (Å²) in [4.78, 5) is 15.3. The van der Waals surface area contributed by atoms with Gasteiger partial charge in [-0.25, -0.2) is 4.98 Å². The third kappa shape index (κ3) is 3.12. The van der Waals surface area contributed by atoms with E-state index < -0.39 is 0 Å². The van der Waals surface area contributed by atoms with Gasteiger partial charge in [0.05, 0.1) is 10.4 Å². The number of anilines is 1. The maximum absolute atomic E-state index is 11.0. The molecule has 112 valence electrons. The molecule has 1 aromatic heterocycles. The summed E-state index contributed by atoms with van der Waals surface area (Å²) in [6.07, 6.45) is 1.02. The van der Waals surface area contributed by atoms with E-state index in [9.17, 15) is 10.1 Å². The van der Waals surface area contributed by atoms with Crippen molar-refractivity contribution in [2.24, 2.45) is 0 Å². The summed E-state index contributed by atoms with van der Waals surface area (Å²) >= 11 is 0. The molecule has 0 aliphatic carbocycles. The van der Waals surface area contributed by atoms with Gasteiger partial charge in [-0.15, -0.1) is 0 Å². The molecule has 0 atom stereocenters. The van der Waals surface area contributed by atoms with E-state index in [0.717, 1.165) is 40.8 Å². The highest BCUT2D eigenvalue weighted by Gasteiger charge is 2.15. The van der Waals surface area contributed by atoms with E-state index in [-0.39, 0.29) is 10.6 Å². The topological polar surface area (TPSA) is 68.1 Å². The SMILES string of the molecule is CCCNc1nc2c(C)cc([N+](=O)[O-])cc2cc1C(C)C. The molecule has 5 nitrogen and oxygen atoms in total. The number of rotatable bonds is 5. The van der Waals surface area contributed by atoms with E-state index in [1.165, 1.54) is 0 Å². The van der Waals surface area contributed by atoms with E-state index >= 15 is 0 Å². The zero-order valence-corrected chi connectivity index (χ0v) is 12.9. The van der Waals surface area contributed by atoms with Gasteiger partial charge in [0.25, 0.3) is 5.69 Å². The van der Waals surface area contributed by atoms with Gasteiger partial charge in [0, 0.05) is 24.1 Å². The van der Waals surface area contributed by atoms with Crippen LogP contribution in [0.15, 0.2) is 18.2 Å². The van der Waals surface area contributed by atoms with Crippen LogP contribution in [-0.2, 0) is 0 Å². The fourth-order valence-corrected chi connectivity index (χ4v) is 2.39. The minimum Gasteiger partial charge on any atom is -0.370 e. The first-order valence-electron chi connectivity index (χ1n) is 7.27. The second kappa shape index (κ2) is 6.08. The summed E-state index contributed by atoms with van der Waals surface area (Å²) in [7, 11) is 0. The lowest BCUT2D eigenvalue weighted by Crippen LogP contribution is -2.07. The van der Waals surface area contributed by atoms with Crippen LogP contribution in [0.2, 0.25) is 0 Å². The number of benzene rings is 1. The molecule has 0 aliphatic heterocycles. The average Bonchev–Trinajstić information content (AvgIpc) is 2.44. The lowest BCUT2D eigenvalue weighted by molar-refractivity contribution is -0.384. The quantitative estimate of drug-likeness (QED) is 0.654. The number of non-ortho nitro benzene ring substituents is 1. The number of nitro benzene ring substituents is 1. The Morgan fingerprint density at radius 3 is 2.62 bits per heavy atom. The summed E-state index contributed by atoms with van der Waals surface area (Å²) in [6, 6.07) is 5.20. The van der Waals surface area contributed by atoms with E-state index in [1.807, 2.05) is 13.0 Å². The largest absolute Gasteiger partial charge is 0.370 e. The molecule has 0 aliphatic rings. The molecule has 0 saturated heterocycles. The monoisotopic (exact) mass is 287 g/mol. The number of nitrogens with zero attached hydrogens (tertiary/aromatic N) is 2. The van der Waals surface area contributed by atoms with Gasteiger partial charge >= 0.3 is 0 Å². The van der Waals surface area contributed by atoms with Gasteiger partial charge in [0.1, 0.15) is 5.82 Å².